The molecule has 2 aliphatic heterocycles. The van der Waals surface area contributed by atoms with E-state index in [1.54, 1.807) is 0 Å². The Hall–Kier alpha value is -3.31. The van der Waals surface area contributed by atoms with Crippen molar-refractivity contribution in [1.82, 2.24) is 0 Å². The van der Waals surface area contributed by atoms with Crippen LogP contribution < -0.4 is 14.4 Å². The van der Waals surface area contributed by atoms with Gasteiger partial charge in [0.05, 0.1) is 18.8 Å². The topological polar surface area (TPSA) is 51.3 Å². The summed E-state index contributed by atoms with van der Waals surface area (Å²) in [5.74, 6) is 1.62. The Balaban J connectivity index is 1.49. The predicted molar refractivity (Wildman–Crippen MR) is 118 cm³/mol. The Labute approximate surface area is 182 Å². The number of fused-ring (bicyclic) bond motifs is 1. The van der Waals surface area contributed by atoms with Crippen molar-refractivity contribution in [3.05, 3.63) is 89.5 Å². The molecule has 1 unspecified atom stereocenters. The van der Waals surface area contributed by atoms with E-state index in [4.69, 9.17) is 14.2 Å². The minimum atomic E-state index is 0.101. The van der Waals surface area contributed by atoms with E-state index >= 15 is 0 Å². The molecule has 5 rings (SSSR count). The smallest absolute Gasteiger partial charge is 0.227 e. The average molecular weight is 415 g/mol. The average Bonchev–Trinajstić information content (AvgIpc) is 3.64. The van der Waals surface area contributed by atoms with Gasteiger partial charge >= 0.3 is 0 Å². The number of hydrogen-bond donors (Lipinski definition) is 0. The lowest BCUT2D eigenvalue weighted by atomic mass is 9.98. The van der Waals surface area contributed by atoms with E-state index in [0.717, 1.165) is 34.7 Å². The van der Waals surface area contributed by atoms with Crippen LogP contribution in [0.5, 0.6) is 11.5 Å². The molecule has 5 nitrogen and oxygen atoms in total. The van der Waals surface area contributed by atoms with Gasteiger partial charge in [0.1, 0.15) is 30.8 Å². The molecule has 1 amide bonds. The van der Waals surface area contributed by atoms with Gasteiger partial charge in [-0.05, 0) is 29.7 Å². The van der Waals surface area contributed by atoms with Crippen LogP contribution in [-0.2, 0) is 29.1 Å². The summed E-state index contributed by atoms with van der Waals surface area (Å²) >= 11 is 0. The van der Waals surface area contributed by atoms with Gasteiger partial charge in [0.25, 0.3) is 0 Å². The van der Waals surface area contributed by atoms with Crippen LogP contribution >= 0.6 is 0 Å². The van der Waals surface area contributed by atoms with E-state index in [0.29, 0.717) is 38.3 Å². The molecule has 3 aromatic carbocycles. The van der Waals surface area contributed by atoms with Crippen LogP contribution in [0.25, 0.3) is 0 Å². The molecular weight excluding hydrogens is 390 g/mol. The molecule has 2 heterocycles. The fourth-order valence-corrected chi connectivity index (χ4v) is 3.89. The molecule has 3 aromatic rings. The van der Waals surface area contributed by atoms with Crippen LogP contribution in [0.1, 0.15) is 23.1 Å². The molecule has 2 aliphatic rings. The van der Waals surface area contributed by atoms with Crippen LogP contribution in [0.4, 0.5) is 5.69 Å². The molecule has 1 saturated heterocycles. The SMILES string of the molecule is O=C1CCc2c(OCC3CO3)ccc(OCc3ccccc3)c2N1Cc1ccccc1. The second kappa shape index (κ2) is 8.82. The van der Waals surface area contributed by atoms with E-state index < -0.39 is 0 Å². The second-order valence-electron chi connectivity index (χ2n) is 7.90. The molecule has 0 bridgehead atoms. The first kappa shape index (κ1) is 19.6. The normalized spacial score (nSPS) is 17.2. The Kier molecular flexibility index (Phi) is 5.59. The number of benzene rings is 3. The molecule has 0 spiro atoms. The standard InChI is InChI=1S/C26H25NO4/c28-25-14-11-22-23(31-18-21-17-29-21)12-13-24(30-16-20-9-5-2-6-10-20)26(22)27(25)15-19-7-3-1-4-8-19/h1-10,12-13,21H,11,14-18H2. The molecule has 0 aliphatic carbocycles. The maximum absolute atomic E-state index is 13.0. The van der Waals surface area contributed by atoms with Gasteiger partial charge < -0.3 is 19.1 Å². The van der Waals surface area contributed by atoms with Crippen molar-refractivity contribution < 1.29 is 19.0 Å². The molecule has 31 heavy (non-hydrogen) atoms. The summed E-state index contributed by atoms with van der Waals surface area (Å²) < 4.78 is 17.6. The van der Waals surface area contributed by atoms with E-state index in [2.05, 4.69) is 0 Å². The lowest BCUT2D eigenvalue weighted by Crippen LogP contribution is -2.35. The number of rotatable bonds is 8. The van der Waals surface area contributed by atoms with Gasteiger partial charge in [-0.15, -0.1) is 0 Å². The van der Waals surface area contributed by atoms with E-state index in [1.165, 1.54) is 0 Å². The zero-order chi connectivity index (χ0) is 21.0. The quantitative estimate of drug-likeness (QED) is 0.508. The summed E-state index contributed by atoms with van der Waals surface area (Å²) in [6.45, 7) is 2.22. The van der Waals surface area contributed by atoms with Gasteiger partial charge in [0.15, 0.2) is 0 Å². The summed E-state index contributed by atoms with van der Waals surface area (Å²) in [5.41, 5.74) is 4.02. The molecule has 0 radical (unpaired) electrons. The fraction of sp³-hybridized carbons (Fsp3) is 0.269. The fourth-order valence-electron chi connectivity index (χ4n) is 3.89. The minimum absolute atomic E-state index is 0.101. The van der Waals surface area contributed by atoms with Crippen molar-refractivity contribution in [2.45, 2.75) is 32.1 Å². The molecule has 158 valence electrons. The van der Waals surface area contributed by atoms with Crippen LogP contribution in [0, 0.1) is 0 Å². The van der Waals surface area contributed by atoms with Crippen molar-refractivity contribution in [3.8, 4) is 11.5 Å². The van der Waals surface area contributed by atoms with Gasteiger partial charge in [-0.1, -0.05) is 60.7 Å². The summed E-state index contributed by atoms with van der Waals surface area (Å²) in [5, 5.41) is 0. The lowest BCUT2D eigenvalue weighted by molar-refractivity contribution is -0.119. The van der Waals surface area contributed by atoms with E-state index in [9.17, 15) is 4.79 Å². The van der Waals surface area contributed by atoms with Gasteiger partial charge in [0.2, 0.25) is 5.91 Å². The van der Waals surface area contributed by atoms with Crippen molar-refractivity contribution in [1.29, 1.82) is 0 Å². The number of carbonyl (C=O) groups excluding carboxylic acids is 1. The molecule has 0 saturated carbocycles. The summed E-state index contributed by atoms with van der Waals surface area (Å²) in [4.78, 5) is 14.8. The number of ether oxygens (including phenoxy) is 3. The van der Waals surface area contributed by atoms with Crippen LogP contribution in [-0.4, -0.2) is 25.2 Å². The van der Waals surface area contributed by atoms with E-state index in [-0.39, 0.29) is 12.0 Å². The van der Waals surface area contributed by atoms with Crippen LogP contribution in [0.3, 0.4) is 0 Å². The first-order chi connectivity index (χ1) is 15.3. The highest BCUT2D eigenvalue weighted by Gasteiger charge is 2.31. The molecule has 1 atom stereocenters. The van der Waals surface area contributed by atoms with Gasteiger partial charge in [-0.3, -0.25) is 4.79 Å². The maximum atomic E-state index is 13.0. The summed E-state index contributed by atoms with van der Waals surface area (Å²) in [7, 11) is 0. The van der Waals surface area contributed by atoms with E-state index in [1.807, 2.05) is 77.7 Å². The third-order valence-corrected chi connectivity index (χ3v) is 5.61. The highest BCUT2D eigenvalue weighted by Crippen LogP contribution is 2.43. The molecule has 5 heteroatoms. The number of epoxide rings is 1. The van der Waals surface area contributed by atoms with Crippen molar-refractivity contribution in [2.75, 3.05) is 18.1 Å². The van der Waals surface area contributed by atoms with Crippen LogP contribution in [0.15, 0.2) is 72.8 Å². The summed E-state index contributed by atoms with van der Waals surface area (Å²) in [6.07, 6.45) is 1.27. The van der Waals surface area contributed by atoms with Crippen molar-refractivity contribution in [2.24, 2.45) is 0 Å². The largest absolute Gasteiger partial charge is 0.490 e. The Morgan fingerprint density at radius 3 is 2.23 bits per heavy atom. The highest BCUT2D eigenvalue weighted by atomic mass is 16.6. The predicted octanol–water partition coefficient (Wildman–Crippen LogP) is 4.52. The monoisotopic (exact) mass is 415 g/mol. The molecule has 1 fully saturated rings. The van der Waals surface area contributed by atoms with Gasteiger partial charge in [-0.25, -0.2) is 0 Å². The highest BCUT2D eigenvalue weighted by molar-refractivity contribution is 5.98. The number of anilines is 1. The van der Waals surface area contributed by atoms with Crippen molar-refractivity contribution in [3.63, 3.8) is 0 Å². The number of amides is 1. The zero-order valence-corrected chi connectivity index (χ0v) is 17.3. The Morgan fingerprint density at radius 2 is 1.52 bits per heavy atom. The second-order valence-corrected chi connectivity index (χ2v) is 7.90. The maximum Gasteiger partial charge on any atom is 0.227 e. The third kappa shape index (κ3) is 4.57. The van der Waals surface area contributed by atoms with Gasteiger partial charge in [-0.2, -0.15) is 0 Å². The molecule has 0 aromatic heterocycles. The third-order valence-electron chi connectivity index (χ3n) is 5.61. The first-order valence-electron chi connectivity index (χ1n) is 10.7. The minimum Gasteiger partial charge on any atom is -0.490 e. The van der Waals surface area contributed by atoms with Crippen LogP contribution in [0.2, 0.25) is 0 Å². The number of carbonyl (C=O) groups is 1. The lowest BCUT2D eigenvalue weighted by Gasteiger charge is -2.32. The molecular formula is C26H25NO4. The zero-order valence-electron chi connectivity index (χ0n) is 17.3. The van der Waals surface area contributed by atoms with Crippen molar-refractivity contribution >= 4 is 11.6 Å². The Bertz CT molecular complexity index is 1050. The summed E-state index contributed by atoms with van der Waals surface area (Å²) in [6, 6.07) is 24.0. The Morgan fingerprint density at radius 1 is 0.839 bits per heavy atom. The first-order valence-corrected chi connectivity index (χ1v) is 10.7. The number of hydrogen-bond acceptors (Lipinski definition) is 4. The number of nitrogens with zero attached hydrogens (tertiary/aromatic N) is 1. The van der Waals surface area contributed by atoms with Gasteiger partial charge in [0, 0.05) is 12.0 Å². The molecule has 0 N–H and O–H groups in total.